The summed E-state index contributed by atoms with van der Waals surface area (Å²) in [6.07, 6.45) is 1.87. The fourth-order valence-electron chi connectivity index (χ4n) is 8.93. The summed E-state index contributed by atoms with van der Waals surface area (Å²) in [5.41, 5.74) is 16.1. The van der Waals surface area contributed by atoms with E-state index >= 15 is 0 Å². The molecule has 0 aliphatic carbocycles. The van der Waals surface area contributed by atoms with Crippen LogP contribution in [0.3, 0.4) is 0 Å². The summed E-state index contributed by atoms with van der Waals surface area (Å²) in [4.78, 5) is 15.0. The van der Waals surface area contributed by atoms with Crippen molar-refractivity contribution < 1.29 is 0 Å². The fourth-order valence-corrected chi connectivity index (χ4v) is 8.93. The normalized spacial score (nSPS) is 13.1. The summed E-state index contributed by atoms with van der Waals surface area (Å²) in [6, 6.07) is 48.4. The van der Waals surface area contributed by atoms with Gasteiger partial charge in [0.2, 0.25) is 0 Å². The molecule has 5 heterocycles. The van der Waals surface area contributed by atoms with E-state index in [1.165, 1.54) is 55.6 Å². The highest BCUT2D eigenvalue weighted by molar-refractivity contribution is 6.15. The van der Waals surface area contributed by atoms with Gasteiger partial charge < -0.3 is 14.4 Å². The number of para-hydroxylation sites is 5. The number of rotatable bonds is 3. The molecule has 6 nitrogen and oxygen atoms in total. The van der Waals surface area contributed by atoms with Gasteiger partial charge in [0.1, 0.15) is 18.0 Å². The van der Waals surface area contributed by atoms with Crippen molar-refractivity contribution in [3.8, 4) is 5.69 Å². The number of pyridine rings is 2. The Morgan fingerprint density at radius 2 is 1.17 bits per heavy atom. The van der Waals surface area contributed by atoms with Crippen molar-refractivity contribution in [1.82, 2.24) is 18.9 Å². The molecule has 0 fully saturated rings. The SMILES string of the molecule is Cc1cc(C)c(N2CN(c3ccc4c5ccccc5n(-c5ccc6c7cccnc7n7c8ccccc8nc7c6c5)c4c3)c3ccccc32)c(C)c1. The zero-order valence-electron chi connectivity index (χ0n) is 29.2. The van der Waals surface area contributed by atoms with E-state index in [0.717, 1.165) is 56.5 Å². The predicted octanol–water partition coefficient (Wildman–Crippen LogP) is 11.5. The molecule has 52 heavy (non-hydrogen) atoms. The number of benzene rings is 6. The van der Waals surface area contributed by atoms with E-state index in [2.05, 4.69) is 167 Å². The molecule has 6 heteroatoms. The monoisotopic (exact) mass is 670 g/mol. The van der Waals surface area contributed by atoms with Gasteiger partial charge in [0.25, 0.3) is 0 Å². The van der Waals surface area contributed by atoms with Crippen LogP contribution in [0, 0.1) is 20.8 Å². The van der Waals surface area contributed by atoms with Crippen molar-refractivity contribution in [1.29, 1.82) is 0 Å². The Morgan fingerprint density at radius 3 is 2.02 bits per heavy atom. The molecule has 6 aromatic carbocycles. The second-order valence-corrected chi connectivity index (χ2v) is 14.2. The molecule has 0 bridgehead atoms. The van der Waals surface area contributed by atoms with E-state index < -0.39 is 0 Å². The van der Waals surface area contributed by atoms with Crippen molar-refractivity contribution >= 4 is 83.0 Å². The van der Waals surface area contributed by atoms with E-state index in [0.29, 0.717) is 0 Å². The zero-order valence-corrected chi connectivity index (χ0v) is 29.2. The topological polar surface area (TPSA) is 41.6 Å². The van der Waals surface area contributed by atoms with Crippen LogP contribution in [0.15, 0.2) is 140 Å². The van der Waals surface area contributed by atoms with Gasteiger partial charge in [-0.25, -0.2) is 9.97 Å². The molecule has 11 rings (SSSR count). The molecule has 0 saturated carbocycles. The van der Waals surface area contributed by atoms with Crippen LogP contribution in [0.2, 0.25) is 0 Å². The summed E-state index contributed by atoms with van der Waals surface area (Å²) in [6.45, 7) is 7.37. The molecule has 0 unspecified atom stereocenters. The number of nitrogens with zero attached hydrogens (tertiary/aromatic N) is 6. The lowest BCUT2D eigenvalue weighted by Crippen LogP contribution is -2.25. The quantitative estimate of drug-likeness (QED) is 0.175. The number of anilines is 4. The highest BCUT2D eigenvalue weighted by Crippen LogP contribution is 2.47. The van der Waals surface area contributed by atoms with E-state index in [4.69, 9.17) is 9.97 Å². The van der Waals surface area contributed by atoms with Gasteiger partial charge in [0.15, 0.2) is 0 Å². The Morgan fingerprint density at radius 1 is 0.500 bits per heavy atom. The Kier molecular flexibility index (Phi) is 5.97. The molecule has 1 aliphatic rings. The third-order valence-electron chi connectivity index (χ3n) is 11.0. The van der Waals surface area contributed by atoms with Gasteiger partial charge in [-0.15, -0.1) is 0 Å². The van der Waals surface area contributed by atoms with E-state index in [1.54, 1.807) is 0 Å². The molecule has 0 amide bonds. The first-order valence-corrected chi connectivity index (χ1v) is 17.9. The Labute approximate surface area is 300 Å². The molecule has 0 atom stereocenters. The maximum absolute atomic E-state index is 5.18. The smallest absolute Gasteiger partial charge is 0.147 e. The third kappa shape index (κ3) is 4.00. The summed E-state index contributed by atoms with van der Waals surface area (Å²) in [5.74, 6) is 0. The van der Waals surface area contributed by atoms with Gasteiger partial charge in [-0.2, -0.15) is 0 Å². The van der Waals surface area contributed by atoms with Crippen LogP contribution in [0.4, 0.5) is 22.7 Å². The van der Waals surface area contributed by atoms with Crippen LogP contribution >= 0.6 is 0 Å². The van der Waals surface area contributed by atoms with Crippen molar-refractivity contribution in [2.75, 3.05) is 16.5 Å². The molecule has 10 aromatic rings. The first-order valence-electron chi connectivity index (χ1n) is 17.9. The predicted molar refractivity (Wildman–Crippen MR) is 216 cm³/mol. The maximum atomic E-state index is 5.18. The molecule has 0 radical (unpaired) electrons. The number of hydrogen-bond acceptors (Lipinski definition) is 4. The average molecular weight is 671 g/mol. The molecule has 4 aromatic heterocycles. The summed E-state index contributed by atoms with van der Waals surface area (Å²) in [7, 11) is 0. The molecule has 248 valence electrons. The van der Waals surface area contributed by atoms with Gasteiger partial charge in [-0.1, -0.05) is 72.3 Å². The molecular formula is C46H34N6. The van der Waals surface area contributed by atoms with Crippen LogP contribution < -0.4 is 9.80 Å². The van der Waals surface area contributed by atoms with Crippen molar-refractivity contribution in [3.05, 3.63) is 156 Å². The van der Waals surface area contributed by atoms with Crippen molar-refractivity contribution in [3.63, 3.8) is 0 Å². The average Bonchev–Trinajstić information content (AvgIpc) is 3.85. The van der Waals surface area contributed by atoms with Crippen LogP contribution in [-0.4, -0.2) is 25.6 Å². The second kappa shape index (κ2) is 10.7. The highest BCUT2D eigenvalue weighted by atomic mass is 15.4. The van der Waals surface area contributed by atoms with Crippen LogP contribution in [0.1, 0.15) is 16.7 Å². The molecular weight excluding hydrogens is 637 g/mol. The lowest BCUT2D eigenvalue weighted by atomic mass is 10.0. The molecule has 1 aliphatic heterocycles. The highest BCUT2D eigenvalue weighted by Gasteiger charge is 2.30. The minimum Gasteiger partial charge on any atom is -0.321 e. The number of fused-ring (bicyclic) bond motifs is 12. The lowest BCUT2D eigenvalue weighted by Gasteiger charge is -2.25. The standard InChI is InChI=1S/C46H34N6/c1-28-23-29(2)44(30(3)24-28)50-27-49(41-16-8-9-17-42(41)50)31-18-21-35-34-11-4-6-14-39(34)51(43(35)26-31)32-19-20-33-36-12-10-22-47-45(36)52-40-15-7-5-13-38(40)48-46(52)37(33)25-32/h4-26H,27H2,1-3H3. The first kappa shape index (κ1) is 29.1. The maximum Gasteiger partial charge on any atom is 0.147 e. The largest absolute Gasteiger partial charge is 0.321 e. The minimum atomic E-state index is 0.734. The van der Waals surface area contributed by atoms with E-state index in [-0.39, 0.29) is 0 Å². The van der Waals surface area contributed by atoms with Crippen LogP contribution in [0.5, 0.6) is 0 Å². The first-order chi connectivity index (χ1) is 25.5. The van der Waals surface area contributed by atoms with Crippen LogP contribution in [-0.2, 0) is 0 Å². The molecule has 0 spiro atoms. The van der Waals surface area contributed by atoms with Crippen molar-refractivity contribution in [2.24, 2.45) is 0 Å². The molecule has 0 saturated heterocycles. The third-order valence-corrected chi connectivity index (χ3v) is 11.0. The van der Waals surface area contributed by atoms with Gasteiger partial charge >= 0.3 is 0 Å². The second-order valence-electron chi connectivity index (χ2n) is 14.2. The zero-order chi connectivity index (χ0) is 34.7. The minimum absolute atomic E-state index is 0.734. The van der Waals surface area contributed by atoms with Crippen LogP contribution in [0.25, 0.3) is 66.0 Å². The van der Waals surface area contributed by atoms with Gasteiger partial charge in [0, 0.05) is 44.8 Å². The Hall–Kier alpha value is -6.66. The van der Waals surface area contributed by atoms with Gasteiger partial charge in [0.05, 0.1) is 33.4 Å². The van der Waals surface area contributed by atoms with E-state index in [9.17, 15) is 0 Å². The fraction of sp³-hybridized carbons (Fsp3) is 0.0870. The summed E-state index contributed by atoms with van der Waals surface area (Å²) < 4.78 is 4.64. The Balaban J connectivity index is 1.14. The summed E-state index contributed by atoms with van der Waals surface area (Å²) in [5, 5.41) is 5.82. The number of imidazole rings is 1. The summed E-state index contributed by atoms with van der Waals surface area (Å²) >= 11 is 0. The number of hydrogen-bond donors (Lipinski definition) is 0. The van der Waals surface area contributed by atoms with E-state index in [1.807, 2.05) is 12.3 Å². The van der Waals surface area contributed by atoms with Gasteiger partial charge in [-0.3, -0.25) is 4.40 Å². The van der Waals surface area contributed by atoms with Crippen molar-refractivity contribution in [2.45, 2.75) is 20.8 Å². The van der Waals surface area contributed by atoms with Gasteiger partial charge in [-0.05, 0) is 104 Å². The molecule has 0 N–H and O–H groups in total. The number of aromatic nitrogens is 4. The Bertz CT molecular complexity index is 3090. The number of aryl methyl sites for hydroxylation is 3. The lowest BCUT2D eigenvalue weighted by molar-refractivity contribution is 0.979.